The normalized spacial score (nSPS) is 17.1. The molecule has 3 rings (SSSR count). The smallest absolute Gasteiger partial charge is 0.193 e. The first kappa shape index (κ1) is 23.1. The minimum Gasteiger partial charge on any atom is -0.493 e. The van der Waals surface area contributed by atoms with Crippen molar-refractivity contribution in [3.63, 3.8) is 0 Å². The number of hydrogen-bond donors (Lipinski definition) is 1. The molecule has 0 bridgehead atoms. The summed E-state index contributed by atoms with van der Waals surface area (Å²) in [7, 11) is 5.25. The molecule has 0 unspecified atom stereocenters. The number of aliphatic imine (C=N–C) groups is 1. The Kier molecular flexibility index (Phi) is 9.64. The van der Waals surface area contributed by atoms with E-state index in [1.807, 2.05) is 7.05 Å². The summed E-state index contributed by atoms with van der Waals surface area (Å²) in [6.07, 6.45) is 6.18. The van der Waals surface area contributed by atoms with Crippen molar-refractivity contribution in [1.82, 2.24) is 15.1 Å². The zero-order chi connectivity index (χ0) is 19.1. The second kappa shape index (κ2) is 11.7. The summed E-state index contributed by atoms with van der Waals surface area (Å²) in [4.78, 5) is 9.41. The van der Waals surface area contributed by atoms with E-state index in [1.54, 1.807) is 14.2 Å². The monoisotopic (exact) mass is 502 g/mol. The lowest BCUT2D eigenvalue weighted by Gasteiger charge is -2.32. The summed E-state index contributed by atoms with van der Waals surface area (Å²) in [5, 5.41) is 3.55. The van der Waals surface area contributed by atoms with Gasteiger partial charge in [-0.3, -0.25) is 4.99 Å². The SMILES string of the molecule is CN=C(NCCCCN1CCCC1)N1CCc2cc(OC)c(OC)cc2C1.I. The van der Waals surface area contributed by atoms with E-state index in [-0.39, 0.29) is 24.0 Å². The maximum atomic E-state index is 5.46. The Morgan fingerprint density at radius 1 is 1.04 bits per heavy atom. The van der Waals surface area contributed by atoms with E-state index in [0.29, 0.717) is 0 Å². The number of likely N-dealkylation sites (tertiary alicyclic amines) is 1. The molecule has 0 saturated carbocycles. The third-order valence-electron chi connectivity index (χ3n) is 5.61. The number of halogens is 1. The summed E-state index contributed by atoms with van der Waals surface area (Å²) in [6.45, 7) is 6.61. The second-order valence-corrected chi connectivity index (χ2v) is 7.38. The molecular formula is C21H35IN4O2. The van der Waals surface area contributed by atoms with Gasteiger partial charge in [0.05, 0.1) is 14.2 Å². The lowest BCUT2D eigenvalue weighted by Crippen LogP contribution is -2.44. The van der Waals surface area contributed by atoms with E-state index in [4.69, 9.17) is 9.47 Å². The van der Waals surface area contributed by atoms with Crippen LogP contribution in [-0.2, 0) is 13.0 Å². The number of ether oxygens (including phenoxy) is 2. The maximum Gasteiger partial charge on any atom is 0.193 e. The van der Waals surface area contributed by atoms with Gasteiger partial charge in [-0.2, -0.15) is 0 Å². The minimum absolute atomic E-state index is 0. The van der Waals surface area contributed by atoms with Gasteiger partial charge in [-0.15, -0.1) is 24.0 Å². The molecule has 28 heavy (non-hydrogen) atoms. The van der Waals surface area contributed by atoms with Gasteiger partial charge in [0.15, 0.2) is 17.5 Å². The molecule has 0 amide bonds. The van der Waals surface area contributed by atoms with Crippen LogP contribution in [0.15, 0.2) is 17.1 Å². The lowest BCUT2D eigenvalue weighted by atomic mass is 9.99. The molecule has 1 saturated heterocycles. The third kappa shape index (κ3) is 5.89. The zero-order valence-corrected chi connectivity index (χ0v) is 19.8. The van der Waals surface area contributed by atoms with Crippen molar-refractivity contribution >= 4 is 29.9 Å². The molecule has 6 nitrogen and oxygen atoms in total. The molecule has 0 aromatic heterocycles. The first-order valence-corrected chi connectivity index (χ1v) is 10.2. The van der Waals surface area contributed by atoms with Gasteiger partial charge < -0.3 is 24.6 Å². The fourth-order valence-electron chi connectivity index (χ4n) is 4.06. The van der Waals surface area contributed by atoms with Crippen LogP contribution in [-0.4, -0.2) is 69.8 Å². The summed E-state index contributed by atoms with van der Waals surface area (Å²) < 4.78 is 10.9. The van der Waals surface area contributed by atoms with Crippen LogP contribution in [0, 0.1) is 0 Å². The first-order chi connectivity index (χ1) is 13.2. The molecule has 1 fully saturated rings. The van der Waals surface area contributed by atoms with Crippen molar-refractivity contribution in [1.29, 1.82) is 0 Å². The number of benzene rings is 1. The molecule has 2 aliphatic heterocycles. The number of unbranched alkanes of at least 4 members (excludes halogenated alkanes) is 1. The summed E-state index contributed by atoms with van der Waals surface area (Å²) in [5.74, 6) is 2.60. The van der Waals surface area contributed by atoms with Gasteiger partial charge >= 0.3 is 0 Å². The number of rotatable bonds is 7. The molecule has 0 spiro atoms. The van der Waals surface area contributed by atoms with Gasteiger partial charge in [0.1, 0.15) is 0 Å². The van der Waals surface area contributed by atoms with Crippen LogP contribution in [0.2, 0.25) is 0 Å². The van der Waals surface area contributed by atoms with E-state index >= 15 is 0 Å². The number of nitrogens with zero attached hydrogens (tertiary/aromatic N) is 3. The fourth-order valence-corrected chi connectivity index (χ4v) is 4.06. The van der Waals surface area contributed by atoms with Gasteiger partial charge in [-0.25, -0.2) is 0 Å². The molecular weight excluding hydrogens is 467 g/mol. The molecule has 1 aromatic rings. The predicted molar refractivity (Wildman–Crippen MR) is 125 cm³/mol. The average Bonchev–Trinajstić information content (AvgIpc) is 3.22. The highest BCUT2D eigenvalue weighted by Gasteiger charge is 2.21. The van der Waals surface area contributed by atoms with Crippen molar-refractivity contribution in [2.45, 2.75) is 38.6 Å². The Bertz CT molecular complexity index is 648. The van der Waals surface area contributed by atoms with Crippen LogP contribution in [0.1, 0.15) is 36.8 Å². The average molecular weight is 502 g/mol. The van der Waals surface area contributed by atoms with E-state index in [1.165, 1.54) is 56.4 Å². The number of fused-ring (bicyclic) bond motifs is 1. The van der Waals surface area contributed by atoms with Crippen LogP contribution < -0.4 is 14.8 Å². The number of guanidine groups is 1. The van der Waals surface area contributed by atoms with Gasteiger partial charge in [0.2, 0.25) is 0 Å². The van der Waals surface area contributed by atoms with Gasteiger partial charge in [0, 0.05) is 26.7 Å². The molecule has 2 heterocycles. The highest BCUT2D eigenvalue weighted by atomic mass is 127. The minimum atomic E-state index is 0. The van der Waals surface area contributed by atoms with Gasteiger partial charge in [-0.1, -0.05) is 0 Å². The van der Waals surface area contributed by atoms with Crippen molar-refractivity contribution in [2.24, 2.45) is 4.99 Å². The van der Waals surface area contributed by atoms with Crippen LogP contribution in [0.5, 0.6) is 11.5 Å². The molecule has 1 N–H and O–H groups in total. The van der Waals surface area contributed by atoms with Crippen LogP contribution in [0.25, 0.3) is 0 Å². The largest absolute Gasteiger partial charge is 0.493 e. The Hall–Kier alpha value is -1.22. The highest BCUT2D eigenvalue weighted by molar-refractivity contribution is 14.0. The molecule has 0 radical (unpaired) electrons. The summed E-state index contributed by atoms with van der Waals surface area (Å²) in [5.41, 5.74) is 2.63. The maximum absolute atomic E-state index is 5.46. The molecule has 0 atom stereocenters. The Labute approximate surface area is 186 Å². The third-order valence-corrected chi connectivity index (χ3v) is 5.61. The summed E-state index contributed by atoms with van der Waals surface area (Å²) in [6, 6.07) is 4.21. The standard InChI is InChI=1S/C21H34N4O2.HI/c1-22-21(23-9-4-5-10-24-11-6-7-12-24)25-13-8-17-14-19(26-2)20(27-3)15-18(17)16-25;/h14-15H,4-13,16H2,1-3H3,(H,22,23);1H. The van der Waals surface area contributed by atoms with E-state index in [2.05, 4.69) is 32.2 Å². The molecule has 0 aliphatic carbocycles. The molecule has 2 aliphatic rings. The second-order valence-electron chi connectivity index (χ2n) is 7.38. The predicted octanol–water partition coefficient (Wildman–Crippen LogP) is 3.13. The molecule has 158 valence electrons. The first-order valence-electron chi connectivity index (χ1n) is 10.2. The Morgan fingerprint density at radius 2 is 1.71 bits per heavy atom. The zero-order valence-electron chi connectivity index (χ0n) is 17.5. The van der Waals surface area contributed by atoms with E-state index < -0.39 is 0 Å². The quantitative estimate of drug-likeness (QED) is 0.269. The Balaban J connectivity index is 0.00000280. The van der Waals surface area contributed by atoms with Gasteiger partial charge in [0.25, 0.3) is 0 Å². The lowest BCUT2D eigenvalue weighted by molar-refractivity contribution is 0.328. The van der Waals surface area contributed by atoms with Gasteiger partial charge in [-0.05, 0) is 75.0 Å². The van der Waals surface area contributed by atoms with E-state index in [0.717, 1.165) is 43.5 Å². The van der Waals surface area contributed by atoms with Crippen LogP contribution in [0.3, 0.4) is 0 Å². The van der Waals surface area contributed by atoms with Crippen molar-refractivity contribution in [3.8, 4) is 11.5 Å². The molecule has 7 heteroatoms. The number of methoxy groups -OCH3 is 2. The van der Waals surface area contributed by atoms with Crippen molar-refractivity contribution in [3.05, 3.63) is 23.3 Å². The fraction of sp³-hybridized carbons (Fsp3) is 0.667. The topological polar surface area (TPSA) is 49.3 Å². The highest BCUT2D eigenvalue weighted by Crippen LogP contribution is 2.33. The Morgan fingerprint density at radius 3 is 2.36 bits per heavy atom. The molecule has 1 aromatic carbocycles. The van der Waals surface area contributed by atoms with Crippen LogP contribution >= 0.6 is 24.0 Å². The van der Waals surface area contributed by atoms with E-state index in [9.17, 15) is 0 Å². The van der Waals surface area contributed by atoms with Crippen LogP contribution in [0.4, 0.5) is 0 Å². The number of hydrogen-bond acceptors (Lipinski definition) is 4. The van der Waals surface area contributed by atoms with Crippen molar-refractivity contribution < 1.29 is 9.47 Å². The van der Waals surface area contributed by atoms with Crippen molar-refractivity contribution in [2.75, 3.05) is 54.0 Å². The summed E-state index contributed by atoms with van der Waals surface area (Å²) >= 11 is 0. The number of nitrogens with one attached hydrogen (secondary N) is 1.